The van der Waals surface area contributed by atoms with Gasteiger partial charge in [0.25, 0.3) is 5.92 Å². The van der Waals surface area contributed by atoms with Gasteiger partial charge >= 0.3 is 0 Å². The summed E-state index contributed by atoms with van der Waals surface area (Å²) in [4.78, 5) is 0. The zero-order valence-electron chi connectivity index (χ0n) is 6.67. The van der Waals surface area contributed by atoms with Crippen molar-refractivity contribution < 1.29 is 8.78 Å². The van der Waals surface area contributed by atoms with E-state index in [9.17, 15) is 8.78 Å². The Morgan fingerprint density at radius 3 is 2.18 bits per heavy atom. The predicted octanol–water partition coefficient (Wildman–Crippen LogP) is 3.60. The van der Waals surface area contributed by atoms with Gasteiger partial charge in [-0.1, -0.05) is 29.3 Å². The van der Waals surface area contributed by atoms with E-state index in [4.69, 9.17) is 0 Å². The molecule has 0 N–H and O–H groups in total. The van der Waals surface area contributed by atoms with Crippen molar-refractivity contribution in [2.45, 2.75) is 38.5 Å². The van der Waals surface area contributed by atoms with E-state index in [2.05, 4.69) is 15.9 Å². The first-order chi connectivity index (χ1) is 5.02. The summed E-state index contributed by atoms with van der Waals surface area (Å²) >= 11 is 3.16. The highest BCUT2D eigenvalue weighted by atomic mass is 79.9. The van der Waals surface area contributed by atoms with Crippen molar-refractivity contribution in [1.29, 1.82) is 0 Å². The van der Waals surface area contributed by atoms with Crippen LogP contribution in [0.2, 0.25) is 0 Å². The van der Waals surface area contributed by atoms with Crippen LogP contribution in [0.1, 0.15) is 32.6 Å². The van der Waals surface area contributed by atoms with E-state index in [0.717, 1.165) is 6.42 Å². The van der Waals surface area contributed by atoms with Crippen molar-refractivity contribution >= 4 is 15.9 Å². The lowest BCUT2D eigenvalue weighted by atomic mass is 9.74. The Hall–Kier alpha value is 0.340. The van der Waals surface area contributed by atoms with E-state index in [1.54, 1.807) is 6.92 Å². The monoisotopic (exact) mass is 226 g/mol. The Labute approximate surface area is 74.5 Å². The van der Waals surface area contributed by atoms with Crippen LogP contribution in [0.5, 0.6) is 0 Å². The van der Waals surface area contributed by atoms with Gasteiger partial charge in [-0.3, -0.25) is 0 Å². The van der Waals surface area contributed by atoms with Crippen LogP contribution in [0.3, 0.4) is 0 Å². The second-order valence-corrected chi connectivity index (χ2v) is 4.17. The molecule has 1 fully saturated rings. The molecule has 0 aromatic carbocycles. The molecule has 1 atom stereocenters. The summed E-state index contributed by atoms with van der Waals surface area (Å²) in [5, 5.41) is 0.410. The van der Waals surface area contributed by atoms with E-state index >= 15 is 0 Å². The first-order valence-corrected chi connectivity index (χ1v) is 5.08. The van der Waals surface area contributed by atoms with Crippen LogP contribution in [-0.2, 0) is 0 Å². The zero-order valence-corrected chi connectivity index (χ0v) is 8.26. The molecule has 0 heterocycles. The topological polar surface area (TPSA) is 0 Å². The Morgan fingerprint density at radius 2 is 1.82 bits per heavy atom. The number of rotatable bonds is 1. The van der Waals surface area contributed by atoms with Gasteiger partial charge in [0.05, 0.1) is 0 Å². The smallest absolute Gasteiger partial charge is 0.206 e. The lowest BCUT2D eigenvalue weighted by molar-refractivity contribution is -0.129. The molecule has 0 aromatic rings. The molecule has 1 rings (SSSR count). The van der Waals surface area contributed by atoms with Gasteiger partial charge in [0, 0.05) is 17.2 Å². The van der Waals surface area contributed by atoms with Crippen LogP contribution in [-0.4, -0.2) is 11.3 Å². The van der Waals surface area contributed by atoms with Crippen LogP contribution in [0.4, 0.5) is 8.78 Å². The minimum atomic E-state index is -2.46. The molecule has 1 aliphatic rings. The van der Waals surface area contributed by atoms with E-state index in [0.29, 0.717) is 18.2 Å². The summed E-state index contributed by atoms with van der Waals surface area (Å²) in [6.07, 6.45) is 2.33. The molecule has 66 valence electrons. The van der Waals surface area contributed by atoms with Gasteiger partial charge in [-0.25, -0.2) is 8.78 Å². The molecule has 0 spiro atoms. The molecule has 11 heavy (non-hydrogen) atoms. The minimum Gasteiger partial charge on any atom is -0.206 e. The average Bonchev–Trinajstić information content (AvgIpc) is 1.95. The second-order valence-electron chi connectivity index (χ2n) is 3.61. The Kier molecular flexibility index (Phi) is 2.57. The van der Waals surface area contributed by atoms with Crippen molar-refractivity contribution in [2.24, 2.45) is 5.41 Å². The molecule has 0 aliphatic heterocycles. The number of halogens is 3. The summed E-state index contributed by atoms with van der Waals surface area (Å²) in [6, 6.07) is 0. The number of alkyl halides is 3. The average molecular weight is 227 g/mol. The minimum absolute atomic E-state index is 0.0646. The summed E-state index contributed by atoms with van der Waals surface area (Å²) in [5.41, 5.74) is -0.800. The maximum atomic E-state index is 13.2. The van der Waals surface area contributed by atoms with Gasteiger partial charge in [-0.15, -0.1) is 0 Å². The Balaban J connectivity index is 2.74. The summed E-state index contributed by atoms with van der Waals surface area (Å²) in [6.45, 7) is 1.67. The third kappa shape index (κ3) is 1.58. The molecule has 1 saturated carbocycles. The predicted molar refractivity (Wildman–Crippen MR) is 45.3 cm³/mol. The van der Waals surface area contributed by atoms with Crippen LogP contribution in [0.15, 0.2) is 0 Å². The zero-order chi connectivity index (χ0) is 8.54. The normalized spacial score (nSPS) is 37.1. The quantitative estimate of drug-likeness (QED) is 0.600. The van der Waals surface area contributed by atoms with Gasteiger partial charge in [0.1, 0.15) is 0 Å². The fourth-order valence-corrected chi connectivity index (χ4v) is 2.20. The standard InChI is InChI=1S/C8H13BrF2/c1-7(6-9)4-2-3-5-8(7,10)11/h2-6H2,1H3/t7-/m0/s1. The largest absolute Gasteiger partial charge is 0.254 e. The Bertz CT molecular complexity index is 147. The van der Waals surface area contributed by atoms with Gasteiger partial charge in [0.2, 0.25) is 0 Å². The molecule has 3 heteroatoms. The fraction of sp³-hybridized carbons (Fsp3) is 1.00. The van der Waals surface area contributed by atoms with Crippen molar-refractivity contribution in [3.63, 3.8) is 0 Å². The lowest BCUT2D eigenvalue weighted by Crippen LogP contribution is -2.42. The number of hydrogen-bond donors (Lipinski definition) is 0. The highest BCUT2D eigenvalue weighted by Crippen LogP contribution is 2.48. The highest BCUT2D eigenvalue weighted by molar-refractivity contribution is 9.09. The maximum Gasteiger partial charge on any atom is 0.254 e. The molecule has 0 bridgehead atoms. The van der Waals surface area contributed by atoms with Gasteiger partial charge in [0.15, 0.2) is 0 Å². The first kappa shape index (κ1) is 9.43. The number of hydrogen-bond acceptors (Lipinski definition) is 0. The molecule has 0 radical (unpaired) electrons. The van der Waals surface area contributed by atoms with Crippen LogP contribution < -0.4 is 0 Å². The lowest BCUT2D eigenvalue weighted by Gasteiger charge is -2.39. The van der Waals surface area contributed by atoms with Crippen LogP contribution in [0.25, 0.3) is 0 Å². The van der Waals surface area contributed by atoms with Crippen molar-refractivity contribution in [1.82, 2.24) is 0 Å². The van der Waals surface area contributed by atoms with Gasteiger partial charge in [-0.05, 0) is 12.8 Å². The van der Waals surface area contributed by atoms with E-state index in [-0.39, 0.29) is 6.42 Å². The van der Waals surface area contributed by atoms with Crippen molar-refractivity contribution in [3.05, 3.63) is 0 Å². The fourth-order valence-electron chi connectivity index (χ4n) is 1.51. The summed E-state index contributed by atoms with van der Waals surface area (Å²) in [7, 11) is 0. The molecule has 0 amide bonds. The summed E-state index contributed by atoms with van der Waals surface area (Å²) < 4.78 is 26.4. The molecular weight excluding hydrogens is 214 g/mol. The van der Waals surface area contributed by atoms with Gasteiger partial charge < -0.3 is 0 Å². The highest BCUT2D eigenvalue weighted by Gasteiger charge is 2.50. The maximum absolute atomic E-state index is 13.2. The van der Waals surface area contributed by atoms with E-state index < -0.39 is 11.3 Å². The van der Waals surface area contributed by atoms with Crippen molar-refractivity contribution in [3.8, 4) is 0 Å². The Morgan fingerprint density at radius 1 is 1.27 bits per heavy atom. The first-order valence-electron chi connectivity index (χ1n) is 3.96. The van der Waals surface area contributed by atoms with Gasteiger partial charge in [-0.2, -0.15) is 0 Å². The van der Waals surface area contributed by atoms with Crippen LogP contribution >= 0.6 is 15.9 Å². The second kappa shape index (κ2) is 3.00. The van der Waals surface area contributed by atoms with E-state index in [1.807, 2.05) is 0 Å². The van der Waals surface area contributed by atoms with Crippen molar-refractivity contribution in [2.75, 3.05) is 5.33 Å². The third-order valence-electron chi connectivity index (χ3n) is 2.65. The molecule has 0 saturated heterocycles. The molecule has 0 aromatic heterocycles. The summed E-state index contributed by atoms with van der Waals surface area (Å²) in [5.74, 6) is -2.46. The molecule has 1 aliphatic carbocycles. The molecule has 0 unspecified atom stereocenters. The molecule has 0 nitrogen and oxygen atoms in total. The third-order valence-corrected chi connectivity index (χ3v) is 3.88. The van der Waals surface area contributed by atoms with Crippen LogP contribution in [0, 0.1) is 5.41 Å². The SMILES string of the molecule is C[C@@]1(CBr)CCCCC1(F)F. The molecular formula is C8H13BrF2. The van der Waals surface area contributed by atoms with E-state index in [1.165, 1.54) is 0 Å².